The van der Waals surface area contributed by atoms with E-state index in [0.29, 0.717) is 28.2 Å². The Morgan fingerprint density at radius 1 is 1.13 bits per heavy atom. The molecule has 0 saturated heterocycles. The number of nitrogens with two attached hydrogens (primary N) is 1. The molecule has 0 radical (unpaired) electrons. The summed E-state index contributed by atoms with van der Waals surface area (Å²) < 4.78 is 32.0. The smallest absolute Gasteiger partial charge is 0.255 e. The van der Waals surface area contributed by atoms with Crippen LogP contribution in [-0.4, -0.2) is 44.4 Å². The maximum Gasteiger partial charge on any atom is 0.255 e. The second-order valence-electron chi connectivity index (χ2n) is 9.89. The second kappa shape index (κ2) is 11.6. The number of hydrogen-bond acceptors (Lipinski definition) is 9. The van der Waals surface area contributed by atoms with E-state index in [1.807, 2.05) is 27.7 Å². The van der Waals surface area contributed by atoms with Gasteiger partial charge >= 0.3 is 0 Å². The summed E-state index contributed by atoms with van der Waals surface area (Å²) in [6, 6.07) is 8.53. The number of nitrogens with zero attached hydrogens (tertiary/aromatic N) is 4. The third kappa shape index (κ3) is 7.39. The molecule has 0 bridgehead atoms. The van der Waals surface area contributed by atoms with E-state index in [1.54, 1.807) is 48.9 Å². The summed E-state index contributed by atoms with van der Waals surface area (Å²) in [5, 5.41) is 4.21. The fourth-order valence-electron chi connectivity index (χ4n) is 3.71. The highest BCUT2D eigenvalue weighted by molar-refractivity contribution is 7.92. The van der Waals surface area contributed by atoms with E-state index >= 15 is 0 Å². The van der Waals surface area contributed by atoms with E-state index in [9.17, 15) is 13.2 Å². The van der Waals surface area contributed by atoms with Gasteiger partial charge in [-0.05, 0) is 54.4 Å². The average molecular weight is 552 g/mol. The standard InChI is InChI=1S/C27H33N7O4S/c1-17-8-9-18(10-24(17)34(28)15-23(29-5)19-13-30-16-31-14-19)26(35)32-21-11-20(27(2,3)4)12-22(25(21)38-6)33-39(7,36)37/h8-16,33H,5,28H2,1-4,6-7H3,(H,32,35)/b23-15-. The minimum atomic E-state index is -3.61. The number of nitrogens with one attached hydrogen (secondary N) is 2. The Morgan fingerprint density at radius 2 is 1.77 bits per heavy atom. The number of hydrazine groups is 1. The number of rotatable bonds is 9. The highest BCUT2D eigenvalue weighted by Crippen LogP contribution is 2.39. The van der Waals surface area contributed by atoms with Crippen molar-refractivity contribution in [1.29, 1.82) is 0 Å². The van der Waals surface area contributed by atoms with Crippen molar-refractivity contribution < 1.29 is 17.9 Å². The lowest BCUT2D eigenvalue weighted by Gasteiger charge is -2.24. The normalized spacial score (nSPS) is 12.0. The summed E-state index contributed by atoms with van der Waals surface area (Å²) in [5.74, 6) is 6.08. The highest BCUT2D eigenvalue weighted by Gasteiger charge is 2.23. The molecule has 0 aliphatic carbocycles. The van der Waals surface area contributed by atoms with Gasteiger partial charge in [-0.25, -0.2) is 24.2 Å². The molecular formula is C27H33N7O4S. The van der Waals surface area contributed by atoms with Crippen molar-refractivity contribution in [2.24, 2.45) is 10.8 Å². The Bertz CT molecular complexity index is 1520. The number of aromatic nitrogens is 2. The van der Waals surface area contributed by atoms with Gasteiger partial charge in [0.2, 0.25) is 10.0 Å². The molecular weight excluding hydrogens is 518 g/mol. The van der Waals surface area contributed by atoms with E-state index in [1.165, 1.54) is 18.4 Å². The zero-order valence-electron chi connectivity index (χ0n) is 22.8. The number of carbonyl (C=O) groups is 1. The number of sulfonamides is 1. The molecule has 2 aromatic carbocycles. The van der Waals surface area contributed by atoms with Gasteiger partial charge in [-0.3, -0.25) is 19.5 Å². The van der Waals surface area contributed by atoms with Crippen LogP contribution in [0.4, 0.5) is 17.1 Å². The van der Waals surface area contributed by atoms with Gasteiger partial charge in [-0.1, -0.05) is 26.8 Å². The van der Waals surface area contributed by atoms with Crippen LogP contribution in [0, 0.1) is 6.92 Å². The topological polar surface area (TPSA) is 152 Å². The summed E-state index contributed by atoms with van der Waals surface area (Å²) in [6.45, 7) is 11.4. The van der Waals surface area contributed by atoms with Crippen LogP contribution in [0.25, 0.3) is 5.70 Å². The molecule has 0 spiro atoms. The van der Waals surface area contributed by atoms with Gasteiger partial charge < -0.3 is 10.1 Å². The van der Waals surface area contributed by atoms with E-state index in [4.69, 9.17) is 10.6 Å². The number of anilines is 3. The van der Waals surface area contributed by atoms with Crippen LogP contribution in [0.2, 0.25) is 0 Å². The van der Waals surface area contributed by atoms with Crippen LogP contribution in [0.1, 0.15) is 47.8 Å². The van der Waals surface area contributed by atoms with Gasteiger partial charge in [0.25, 0.3) is 5.91 Å². The van der Waals surface area contributed by atoms with Crippen molar-refractivity contribution in [1.82, 2.24) is 9.97 Å². The predicted octanol–water partition coefficient (Wildman–Crippen LogP) is 4.09. The van der Waals surface area contributed by atoms with E-state index in [0.717, 1.165) is 17.4 Å². The predicted molar refractivity (Wildman–Crippen MR) is 156 cm³/mol. The Labute approximate surface area is 228 Å². The van der Waals surface area contributed by atoms with Crippen molar-refractivity contribution in [3.8, 4) is 5.75 Å². The molecule has 1 amide bonds. The van der Waals surface area contributed by atoms with Gasteiger partial charge in [0.1, 0.15) is 6.33 Å². The third-order valence-corrected chi connectivity index (χ3v) is 6.33. The number of methoxy groups -OCH3 is 1. The number of ether oxygens (including phenoxy) is 1. The first-order chi connectivity index (χ1) is 18.2. The maximum atomic E-state index is 13.4. The Kier molecular flexibility index (Phi) is 8.72. The molecule has 3 rings (SSSR count). The lowest BCUT2D eigenvalue weighted by molar-refractivity contribution is 0.102. The van der Waals surface area contributed by atoms with Crippen LogP contribution in [0.15, 0.2) is 60.2 Å². The molecule has 1 heterocycles. The summed E-state index contributed by atoms with van der Waals surface area (Å²) in [7, 11) is -2.21. The minimum Gasteiger partial charge on any atom is -0.492 e. The number of amides is 1. The van der Waals surface area contributed by atoms with Gasteiger partial charge in [-0.2, -0.15) is 0 Å². The molecule has 4 N–H and O–H groups in total. The molecule has 0 fully saturated rings. The Hall–Kier alpha value is -4.29. The van der Waals surface area contributed by atoms with Crippen LogP contribution in [-0.2, 0) is 15.4 Å². The van der Waals surface area contributed by atoms with Gasteiger partial charge in [0.15, 0.2) is 5.75 Å². The lowest BCUT2D eigenvalue weighted by atomic mass is 9.86. The number of aryl methyl sites for hydroxylation is 1. The average Bonchev–Trinajstić information content (AvgIpc) is 2.86. The molecule has 0 aliphatic heterocycles. The highest BCUT2D eigenvalue weighted by atomic mass is 32.2. The van der Waals surface area contributed by atoms with Crippen LogP contribution in [0.3, 0.4) is 0 Å². The number of benzene rings is 2. The molecule has 11 nitrogen and oxygen atoms in total. The molecule has 1 aromatic heterocycles. The van der Waals surface area contributed by atoms with Crippen molar-refractivity contribution in [3.05, 3.63) is 77.5 Å². The molecule has 206 valence electrons. The van der Waals surface area contributed by atoms with E-state index in [2.05, 4.69) is 31.7 Å². The van der Waals surface area contributed by atoms with E-state index in [-0.39, 0.29) is 16.9 Å². The first kappa shape index (κ1) is 29.3. The monoisotopic (exact) mass is 551 g/mol. The van der Waals surface area contributed by atoms with Crippen molar-refractivity contribution in [3.63, 3.8) is 0 Å². The summed E-state index contributed by atoms with van der Waals surface area (Å²) in [4.78, 5) is 25.4. The minimum absolute atomic E-state index is 0.185. The second-order valence-corrected chi connectivity index (χ2v) is 11.6. The molecule has 12 heteroatoms. The summed E-state index contributed by atoms with van der Waals surface area (Å²) >= 11 is 0. The van der Waals surface area contributed by atoms with E-state index < -0.39 is 15.9 Å². The molecule has 0 unspecified atom stereocenters. The largest absolute Gasteiger partial charge is 0.492 e. The van der Waals surface area contributed by atoms with Crippen molar-refractivity contribution >= 4 is 45.4 Å². The van der Waals surface area contributed by atoms with Crippen LogP contribution in [0.5, 0.6) is 5.75 Å². The first-order valence-electron chi connectivity index (χ1n) is 11.8. The zero-order chi connectivity index (χ0) is 29.0. The number of carbonyl (C=O) groups excluding carboxylic acids is 1. The number of aliphatic imine (C=N–C) groups is 1. The quantitative estimate of drug-likeness (QED) is 0.204. The van der Waals surface area contributed by atoms with Crippen LogP contribution < -0.4 is 25.6 Å². The van der Waals surface area contributed by atoms with Gasteiger partial charge in [0, 0.05) is 29.7 Å². The summed E-state index contributed by atoms with van der Waals surface area (Å²) in [5.41, 5.74) is 3.73. The Balaban J connectivity index is 2.01. The summed E-state index contributed by atoms with van der Waals surface area (Å²) in [6.07, 6.45) is 7.19. The third-order valence-electron chi connectivity index (χ3n) is 5.74. The van der Waals surface area contributed by atoms with Crippen molar-refractivity contribution in [2.75, 3.05) is 28.4 Å². The SMILES string of the molecule is C=N/C(=C\N(N)c1cc(C(=O)Nc2cc(C(C)(C)C)cc(NS(C)(=O)=O)c2OC)ccc1C)c1cncnc1. The van der Waals surface area contributed by atoms with Gasteiger partial charge in [0.05, 0.1) is 36.1 Å². The fourth-order valence-corrected chi connectivity index (χ4v) is 4.26. The number of hydrogen-bond donors (Lipinski definition) is 3. The van der Waals surface area contributed by atoms with Crippen molar-refractivity contribution in [2.45, 2.75) is 33.1 Å². The molecule has 39 heavy (non-hydrogen) atoms. The maximum absolute atomic E-state index is 13.4. The van der Waals surface area contributed by atoms with Gasteiger partial charge in [-0.15, -0.1) is 0 Å². The molecule has 3 aromatic rings. The lowest BCUT2D eigenvalue weighted by Crippen LogP contribution is -2.26. The fraction of sp³-hybridized carbons (Fsp3) is 0.259. The molecule has 0 aliphatic rings. The zero-order valence-corrected chi connectivity index (χ0v) is 23.6. The first-order valence-corrected chi connectivity index (χ1v) is 13.7. The Morgan fingerprint density at radius 3 is 2.33 bits per heavy atom. The molecule has 0 saturated carbocycles. The van der Waals surface area contributed by atoms with Crippen LogP contribution >= 0.6 is 0 Å². The molecule has 0 atom stereocenters.